The van der Waals surface area contributed by atoms with E-state index in [0.717, 1.165) is 38.6 Å². The summed E-state index contributed by atoms with van der Waals surface area (Å²) in [7, 11) is 0. The molecule has 2 aliphatic heterocycles. The summed E-state index contributed by atoms with van der Waals surface area (Å²) in [4.78, 5) is 26.1. The topological polar surface area (TPSA) is 84.7 Å². The second-order valence-electron chi connectivity index (χ2n) is 5.56. The number of nitrogens with two attached hydrogens (primary N) is 1. The molecule has 0 radical (unpaired) electrons. The van der Waals surface area contributed by atoms with Crippen LogP contribution in [0.25, 0.3) is 0 Å². The predicted octanol–water partition coefficient (Wildman–Crippen LogP) is -0.131. The van der Waals surface area contributed by atoms with Crippen molar-refractivity contribution in [1.82, 2.24) is 10.2 Å². The van der Waals surface area contributed by atoms with E-state index in [-0.39, 0.29) is 23.8 Å². The predicted molar refractivity (Wildman–Crippen MR) is 75.0 cm³/mol. The Morgan fingerprint density at radius 1 is 1.25 bits per heavy atom. The van der Waals surface area contributed by atoms with Crippen molar-refractivity contribution in [1.29, 1.82) is 0 Å². The third-order valence-corrected chi connectivity index (χ3v) is 4.00. The molecule has 0 spiro atoms. The number of likely N-dealkylation sites (tertiary alicyclic amines) is 1. The molecule has 0 saturated carbocycles. The van der Waals surface area contributed by atoms with E-state index >= 15 is 0 Å². The number of nitrogens with one attached hydrogen (secondary N) is 1. The highest BCUT2D eigenvalue weighted by Gasteiger charge is 2.32. The lowest BCUT2D eigenvalue weighted by molar-refractivity contribution is -0.149. The van der Waals surface area contributed by atoms with Crippen LogP contribution in [0.3, 0.4) is 0 Å². The van der Waals surface area contributed by atoms with Crippen molar-refractivity contribution in [3.05, 3.63) is 0 Å². The summed E-state index contributed by atoms with van der Waals surface area (Å²) in [5, 5.41) is 2.81. The Kier molecular flexibility index (Phi) is 5.79. The number of carbonyl (C=O) groups excluding carboxylic acids is 2. The molecule has 20 heavy (non-hydrogen) atoms. The molecule has 2 unspecified atom stereocenters. The highest BCUT2D eigenvalue weighted by molar-refractivity contribution is 5.83. The van der Waals surface area contributed by atoms with Crippen molar-refractivity contribution in [3.8, 4) is 0 Å². The first-order valence-electron chi connectivity index (χ1n) is 7.60. The normalized spacial score (nSPS) is 27.1. The maximum atomic E-state index is 12.4. The number of hydrogen-bond acceptors (Lipinski definition) is 4. The molecule has 2 atom stereocenters. The quantitative estimate of drug-likeness (QED) is 0.752. The van der Waals surface area contributed by atoms with E-state index in [1.165, 1.54) is 0 Å². The van der Waals surface area contributed by atoms with Crippen LogP contribution in [0.4, 0.5) is 0 Å². The SMILES string of the molecule is NCCNC(=O)C1CCCN(C(=O)C2CCCCO2)C1. The zero-order valence-corrected chi connectivity index (χ0v) is 12.0. The van der Waals surface area contributed by atoms with E-state index in [0.29, 0.717) is 26.2 Å². The average molecular weight is 283 g/mol. The maximum Gasteiger partial charge on any atom is 0.251 e. The highest BCUT2D eigenvalue weighted by Crippen LogP contribution is 2.21. The molecule has 0 aliphatic carbocycles. The molecular weight excluding hydrogens is 258 g/mol. The van der Waals surface area contributed by atoms with Crippen molar-refractivity contribution < 1.29 is 14.3 Å². The van der Waals surface area contributed by atoms with Crippen LogP contribution in [-0.4, -0.2) is 55.6 Å². The zero-order chi connectivity index (χ0) is 14.4. The van der Waals surface area contributed by atoms with Crippen LogP contribution in [0.15, 0.2) is 0 Å². The molecular formula is C14H25N3O3. The van der Waals surface area contributed by atoms with Crippen molar-refractivity contribution in [2.75, 3.05) is 32.8 Å². The molecule has 114 valence electrons. The minimum atomic E-state index is -0.297. The van der Waals surface area contributed by atoms with Gasteiger partial charge in [0.2, 0.25) is 5.91 Å². The van der Waals surface area contributed by atoms with E-state index in [4.69, 9.17) is 10.5 Å². The van der Waals surface area contributed by atoms with Crippen LogP contribution in [-0.2, 0) is 14.3 Å². The third-order valence-electron chi connectivity index (χ3n) is 4.00. The Labute approximate surface area is 120 Å². The van der Waals surface area contributed by atoms with Crippen LogP contribution < -0.4 is 11.1 Å². The van der Waals surface area contributed by atoms with Gasteiger partial charge in [0.25, 0.3) is 5.91 Å². The Bertz CT molecular complexity index is 343. The maximum absolute atomic E-state index is 12.4. The Hall–Kier alpha value is -1.14. The molecule has 2 saturated heterocycles. The summed E-state index contributed by atoms with van der Waals surface area (Å²) < 4.78 is 5.55. The molecule has 2 rings (SSSR count). The number of piperidine rings is 1. The van der Waals surface area contributed by atoms with Crippen LogP contribution >= 0.6 is 0 Å². The molecule has 6 heteroatoms. The zero-order valence-electron chi connectivity index (χ0n) is 12.0. The van der Waals surface area contributed by atoms with Crippen molar-refractivity contribution in [2.45, 2.75) is 38.2 Å². The monoisotopic (exact) mass is 283 g/mol. The van der Waals surface area contributed by atoms with Crippen molar-refractivity contribution >= 4 is 11.8 Å². The molecule has 2 amide bonds. The van der Waals surface area contributed by atoms with Gasteiger partial charge in [-0.3, -0.25) is 9.59 Å². The minimum Gasteiger partial charge on any atom is -0.368 e. The fourth-order valence-corrected chi connectivity index (χ4v) is 2.87. The summed E-state index contributed by atoms with van der Waals surface area (Å²) in [6.45, 7) is 2.85. The van der Waals surface area contributed by atoms with Crippen LogP contribution in [0.5, 0.6) is 0 Å². The summed E-state index contributed by atoms with van der Waals surface area (Å²) in [5.41, 5.74) is 5.38. The summed E-state index contributed by atoms with van der Waals surface area (Å²) >= 11 is 0. The molecule has 2 aliphatic rings. The Morgan fingerprint density at radius 3 is 2.80 bits per heavy atom. The molecule has 3 N–H and O–H groups in total. The number of amides is 2. The van der Waals surface area contributed by atoms with Gasteiger partial charge in [0, 0.05) is 32.8 Å². The molecule has 2 heterocycles. The van der Waals surface area contributed by atoms with Gasteiger partial charge < -0.3 is 20.7 Å². The summed E-state index contributed by atoms with van der Waals surface area (Å²) in [6.07, 6.45) is 4.30. The lowest BCUT2D eigenvalue weighted by Crippen LogP contribution is -2.49. The highest BCUT2D eigenvalue weighted by atomic mass is 16.5. The first kappa shape index (κ1) is 15.3. The number of ether oxygens (including phenoxy) is 1. The van der Waals surface area contributed by atoms with Crippen LogP contribution in [0.1, 0.15) is 32.1 Å². The lowest BCUT2D eigenvalue weighted by atomic mass is 9.96. The van der Waals surface area contributed by atoms with E-state index in [2.05, 4.69) is 5.32 Å². The first-order valence-corrected chi connectivity index (χ1v) is 7.60. The number of nitrogens with zero attached hydrogens (tertiary/aromatic N) is 1. The number of carbonyl (C=O) groups is 2. The van der Waals surface area contributed by atoms with E-state index in [9.17, 15) is 9.59 Å². The molecule has 6 nitrogen and oxygen atoms in total. The van der Waals surface area contributed by atoms with Gasteiger partial charge in [0.05, 0.1) is 5.92 Å². The van der Waals surface area contributed by atoms with Crippen LogP contribution in [0, 0.1) is 5.92 Å². The van der Waals surface area contributed by atoms with Crippen molar-refractivity contribution in [3.63, 3.8) is 0 Å². The number of hydrogen-bond donors (Lipinski definition) is 2. The van der Waals surface area contributed by atoms with Gasteiger partial charge in [-0.15, -0.1) is 0 Å². The van der Waals surface area contributed by atoms with Gasteiger partial charge in [-0.2, -0.15) is 0 Å². The molecule has 0 aromatic heterocycles. The Balaban J connectivity index is 1.85. The summed E-state index contributed by atoms with van der Waals surface area (Å²) in [6, 6.07) is 0. The molecule has 0 aromatic rings. The van der Waals surface area contributed by atoms with Gasteiger partial charge in [-0.05, 0) is 32.1 Å². The van der Waals surface area contributed by atoms with E-state index in [1.807, 2.05) is 0 Å². The third kappa shape index (κ3) is 3.93. The van der Waals surface area contributed by atoms with Gasteiger partial charge in [-0.1, -0.05) is 0 Å². The molecule has 2 fully saturated rings. The second kappa shape index (κ2) is 7.59. The van der Waals surface area contributed by atoms with Gasteiger partial charge in [0.1, 0.15) is 6.10 Å². The van der Waals surface area contributed by atoms with Crippen LogP contribution in [0.2, 0.25) is 0 Å². The van der Waals surface area contributed by atoms with Gasteiger partial charge >= 0.3 is 0 Å². The van der Waals surface area contributed by atoms with Crippen molar-refractivity contribution in [2.24, 2.45) is 11.7 Å². The summed E-state index contributed by atoms with van der Waals surface area (Å²) in [5.74, 6) is -0.0404. The lowest BCUT2D eigenvalue weighted by Gasteiger charge is -2.35. The largest absolute Gasteiger partial charge is 0.368 e. The Morgan fingerprint density at radius 2 is 2.10 bits per heavy atom. The average Bonchev–Trinajstić information content (AvgIpc) is 2.52. The molecule has 0 bridgehead atoms. The fourth-order valence-electron chi connectivity index (χ4n) is 2.87. The van der Waals surface area contributed by atoms with Gasteiger partial charge in [-0.25, -0.2) is 0 Å². The van der Waals surface area contributed by atoms with E-state index < -0.39 is 0 Å². The number of rotatable bonds is 4. The molecule has 0 aromatic carbocycles. The second-order valence-corrected chi connectivity index (χ2v) is 5.56. The van der Waals surface area contributed by atoms with E-state index in [1.54, 1.807) is 4.90 Å². The standard InChI is InChI=1S/C14H25N3O3/c15-6-7-16-13(18)11-4-3-8-17(10-11)14(19)12-5-1-2-9-20-12/h11-12H,1-10,15H2,(H,16,18). The van der Waals surface area contributed by atoms with Gasteiger partial charge in [0.15, 0.2) is 0 Å². The first-order chi connectivity index (χ1) is 9.72. The minimum absolute atomic E-state index is 0.0116. The fraction of sp³-hybridized carbons (Fsp3) is 0.857. The smallest absolute Gasteiger partial charge is 0.251 e.